The van der Waals surface area contributed by atoms with E-state index in [1.807, 2.05) is 18.7 Å². The van der Waals surface area contributed by atoms with Gasteiger partial charge in [0.05, 0.1) is 23.8 Å². The van der Waals surface area contributed by atoms with E-state index in [4.69, 9.17) is 9.47 Å². The first-order valence-corrected chi connectivity index (χ1v) is 16.2. The smallest absolute Gasteiger partial charge is 0.254 e. The average Bonchev–Trinajstić information content (AvgIpc) is 3.80. The highest BCUT2D eigenvalue weighted by atomic mass is 19.3. The van der Waals surface area contributed by atoms with Crippen LogP contribution in [0.4, 0.5) is 8.78 Å². The van der Waals surface area contributed by atoms with Crippen LogP contribution in [0.1, 0.15) is 85.1 Å². The minimum atomic E-state index is -2.78. The molecular weight excluding hydrogens is 594 g/mol. The molecule has 248 valence electrons. The molecule has 3 aliphatic rings. The van der Waals surface area contributed by atoms with Gasteiger partial charge in [-0.1, -0.05) is 0 Å². The number of nitriles is 1. The van der Waals surface area contributed by atoms with Crippen molar-refractivity contribution in [3.8, 4) is 22.9 Å². The third kappa shape index (κ3) is 7.51. The van der Waals surface area contributed by atoms with Crippen LogP contribution in [0, 0.1) is 11.3 Å². The van der Waals surface area contributed by atoms with Crippen molar-refractivity contribution in [3.05, 3.63) is 53.1 Å². The highest BCUT2D eigenvalue weighted by Crippen LogP contribution is 2.42. The summed E-state index contributed by atoms with van der Waals surface area (Å²) in [5.41, 5.74) is 1.41. The Morgan fingerprint density at radius 2 is 1.78 bits per heavy atom. The number of halogens is 2. The van der Waals surface area contributed by atoms with Gasteiger partial charge in [-0.25, -0.2) is 8.78 Å². The van der Waals surface area contributed by atoms with E-state index < -0.39 is 11.5 Å². The first-order valence-electron chi connectivity index (χ1n) is 16.2. The second-order valence-corrected chi connectivity index (χ2v) is 13.0. The second-order valence-electron chi connectivity index (χ2n) is 13.0. The lowest BCUT2D eigenvalue weighted by Crippen LogP contribution is -2.56. The Bertz CT molecular complexity index is 1450. The SMILES string of the molecule is COCCCOc1cc(C(=O)N(C(C)C)C2CCC(C3(O)CC3)NC2)ccc1-c1cc(C(=O)N2CCC(F)(F)CC2)ccc1C#N. The van der Waals surface area contributed by atoms with Gasteiger partial charge < -0.3 is 29.7 Å². The number of ether oxygens (including phenoxy) is 2. The number of methoxy groups -OCH3 is 1. The Morgan fingerprint density at radius 1 is 1.07 bits per heavy atom. The van der Waals surface area contributed by atoms with Crippen molar-refractivity contribution in [1.82, 2.24) is 15.1 Å². The highest BCUT2D eigenvalue weighted by Gasteiger charge is 2.49. The Morgan fingerprint density at radius 3 is 2.39 bits per heavy atom. The summed E-state index contributed by atoms with van der Waals surface area (Å²) < 4.78 is 38.8. The van der Waals surface area contributed by atoms with Gasteiger partial charge in [0.1, 0.15) is 5.75 Å². The zero-order valence-corrected chi connectivity index (χ0v) is 26.9. The van der Waals surface area contributed by atoms with Crippen LogP contribution in [-0.4, -0.2) is 96.3 Å². The van der Waals surface area contributed by atoms with E-state index in [-0.39, 0.29) is 61.4 Å². The highest BCUT2D eigenvalue weighted by molar-refractivity contribution is 5.98. The number of aliphatic hydroxyl groups is 1. The molecule has 0 radical (unpaired) electrons. The van der Waals surface area contributed by atoms with Gasteiger partial charge in [-0.3, -0.25) is 9.59 Å². The predicted molar refractivity (Wildman–Crippen MR) is 169 cm³/mol. The Labute approximate surface area is 269 Å². The molecule has 46 heavy (non-hydrogen) atoms. The van der Waals surface area contributed by atoms with Crippen LogP contribution in [0.25, 0.3) is 11.1 Å². The van der Waals surface area contributed by atoms with Gasteiger partial charge in [0.15, 0.2) is 0 Å². The number of likely N-dealkylation sites (tertiary alicyclic amines) is 1. The number of rotatable bonds is 11. The molecule has 1 saturated carbocycles. The van der Waals surface area contributed by atoms with Gasteiger partial charge in [-0.05, 0) is 75.9 Å². The fourth-order valence-corrected chi connectivity index (χ4v) is 6.58. The molecule has 11 heteroatoms. The Hall–Kier alpha value is -3.59. The summed E-state index contributed by atoms with van der Waals surface area (Å²) in [5.74, 6) is -2.91. The van der Waals surface area contributed by atoms with Gasteiger partial charge in [0.2, 0.25) is 0 Å². The van der Waals surface area contributed by atoms with Crippen molar-refractivity contribution in [2.24, 2.45) is 0 Å². The number of hydrogen-bond acceptors (Lipinski definition) is 7. The van der Waals surface area contributed by atoms with E-state index in [1.165, 1.54) is 4.90 Å². The molecule has 0 spiro atoms. The molecule has 2 aliphatic heterocycles. The number of alkyl halides is 2. The van der Waals surface area contributed by atoms with E-state index in [0.29, 0.717) is 54.2 Å². The molecule has 2 heterocycles. The minimum Gasteiger partial charge on any atom is -0.493 e. The van der Waals surface area contributed by atoms with Crippen LogP contribution >= 0.6 is 0 Å². The summed E-state index contributed by atoms with van der Waals surface area (Å²) in [4.78, 5) is 30.7. The number of carbonyl (C=O) groups is 2. The predicted octanol–water partition coefficient (Wildman–Crippen LogP) is 5.01. The summed E-state index contributed by atoms with van der Waals surface area (Å²) in [5, 5.41) is 24.0. The molecule has 0 bridgehead atoms. The first-order chi connectivity index (χ1) is 22.0. The van der Waals surface area contributed by atoms with Crippen molar-refractivity contribution >= 4 is 11.8 Å². The average molecular weight is 639 g/mol. The lowest BCUT2D eigenvalue weighted by atomic mass is 9.93. The number of nitrogens with one attached hydrogen (secondary N) is 1. The summed E-state index contributed by atoms with van der Waals surface area (Å²) in [7, 11) is 1.60. The topological polar surface area (TPSA) is 115 Å². The van der Waals surface area contributed by atoms with Gasteiger partial charge in [0, 0.05) is 93.0 Å². The lowest BCUT2D eigenvalue weighted by Gasteiger charge is -2.41. The van der Waals surface area contributed by atoms with E-state index in [1.54, 1.807) is 43.5 Å². The summed E-state index contributed by atoms with van der Waals surface area (Å²) >= 11 is 0. The normalized spacial score (nSPS) is 21.8. The van der Waals surface area contributed by atoms with E-state index in [9.17, 15) is 28.7 Å². The fraction of sp³-hybridized carbons (Fsp3) is 0.571. The lowest BCUT2D eigenvalue weighted by molar-refractivity contribution is -0.0494. The van der Waals surface area contributed by atoms with Crippen LogP contribution in [0.5, 0.6) is 5.75 Å². The number of hydrogen-bond donors (Lipinski definition) is 2. The van der Waals surface area contributed by atoms with E-state index in [0.717, 1.165) is 25.7 Å². The number of carbonyl (C=O) groups excluding carboxylic acids is 2. The molecule has 3 fully saturated rings. The minimum absolute atomic E-state index is 0.0422. The van der Waals surface area contributed by atoms with Crippen molar-refractivity contribution < 1.29 is 33.0 Å². The maximum absolute atomic E-state index is 14.1. The van der Waals surface area contributed by atoms with E-state index in [2.05, 4.69) is 11.4 Å². The second kappa shape index (κ2) is 14.0. The van der Waals surface area contributed by atoms with Crippen LogP contribution < -0.4 is 10.1 Å². The van der Waals surface area contributed by atoms with Crippen molar-refractivity contribution in [1.29, 1.82) is 5.26 Å². The third-order valence-electron chi connectivity index (χ3n) is 9.42. The molecule has 2 amide bonds. The zero-order chi connectivity index (χ0) is 33.1. The molecule has 5 rings (SSSR count). The molecule has 2 unspecified atom stereocenters. The number of piperidine rings is 2. The van der Waals surface area contributed by atoms with Crippen LogP contribution in [0.15, 0.2) is 36.4 Å². The zero-order valence-electron chi connectivity index (χ0n) is 26.9. The fourth-order valence-electron chi connectivity index (χ4n) is 6.58. The molecule has 0 aromatic heterocycles. The Kier molecular flexibility index (Phi) is 10.3. The van der Waals surface area contributed by atoms with Gasteiger partial charge >= 0.3 is 0 Å². The quantitative estimate of drug-likeness (QED) is 0.333. The maximum Gasteiger partial charge on any atom is 0.254 e. The number of benzene rings is 2. The standard InChI is InChI=1S/C35H44F2N4O5/c1-23(2)41(27-8-10-31(39-22-27)34(44)11-12-34)33(43)25-7-9-28(30(20-25)46-18-4-17-45-3)29-19-24(5-6-26(29)21-38)32(42)40-15-13-35(36,37)14-16-40/h5-7,9,19-20,23,27,31,39,44H,4,8,10-18,22H2,1-3H3. The van der Waals surface area contributed by atoms with Gasteiger partial charge in [-0.15, -0.1) is 0 Å². The summed E-state index contributed by atoms with van der Waals surface area (Å²) in [6, 6.07) is 11.9. The summed E-state index contributed by atoms with van der Waals surface area (Å²) in [6.07, 6.45) is 3.01. The molecule has 2 N–H and O–H groups in total. The number of nitrogens with zero attached hydrogens (tertiary/aromatic N) is 3. The molecule has 9 nitrogen and oxygen atoms in total. The van der Waals surface area contributed by atoms with Gasteiger partial charge in [0.25, 0.3) is 17.7 Å². The first kappa shape index (κ1) is 33.8. The van der Waals surface area contributed by atoms with Crippen molar-refractivity contribution in [3.63, 3.8) is 0 Å². The van der Waals surface area contributed by atoms with Crippen molar-refractivity contribution in [2.45, 2.75) is 88.4 Å². The van der Waals surface area contributed by atoms with E-state index >= 15 is 0 Å². The largest absolute Gasteiger partial charge is 0.493 e. The van der Waals surface area contributed by atoms with Crippen LogP contribution in [0.3, 0.4) is 0 Å². The maximum atomic E-state index is 14.1. The van der Waals surface area contributed by atoms with Crippen LogP contribution in [-0.2, 0) is 4.74 Å². The Balaban J connectivity index is 1.43. The molecule has 2 aromatic carbocycles. The molecule has 2 saturated heterocycles. The van der Waals surface area contributed by atoms with Crippen molar-refractivity contribution in [2.75, 3.05) is 40.0 Å². The molecule has 1 aliphatic carbocycles. The third-order valence-corrected chi connectivity index (χ3v) is 9.42. The number of amides is 2. The van der Waals surface area contributed by atoms with Gasteiger partial charge in [-0.2, -0.15) is 5.26 Å². The molecule has 2 atom stereocenters. The molecular formula is C35H44F2N4O5. The molecule has 2 aromatic rings. The monoisotopic (exact) mass is 638 g/mol. The van der Waals surface area contributed by atoms with Crippen LogP contribution in [0.2, 0.25) is 0 Å². The summed E-state index contributed by atoms with van der Waals surface area (Å²) in [6.45, 7) is 5.25.